The number of amides is 3. The maximum atomic E-state index is 13.9. The van der Waals surface area contributed by atoms with Gasteiger partial charge >= 0.3 is 0 Å². The molecule has 1 aliphatic rings. The number of fused-ring (bicyclic) bond motifs is 1. The fourth-order valence-electron chi connectivity index (χ4n) is 4.87. The molecule has 0 bridgehead atoms. The molecule has 3 amide bonds. The van der Waals surface area contributed by atoms with Gasteiger partial charge in [0.15, 0.2) is 0 Å². The van der Waals surface area contributed by atoms with Crippen LogP contribution in [0.15, 0.2) is 48.5 Å². The number of hydrogen-bond donors (Lipinski definition) is 4. The van der Waals surface area contributed by atoms with Crippen molar-refractivity contribution in [2.75, 3.05) is 19.7 Å². The van der Waals surface area contributed by atoms with Crippen LogP contribution >= 0.6 is 0 Å². The lowest BCUT2D eigenvalue weighted by Crippen LogP contribution is -2.58. The molecule has 40 heavy (non-hydrogen) atoms. The molecule has 0 radical (unpaired) electrons. The minimum absolute atomic E-state index is 0.124. The van der Waals surface area contributed by atoms with E-state index in [1.165, 1.54) is 12.1 Å². The molecule has 4 N–H and O–H groups in total. The molecule has 8 nitrogen and oxygen atoms in total. The van der Waals surface area contributed by atoms with Crippen molar-refractivity contribution in [2.24, 2.45) is 5.92 Å². The highest BCUT2D eigenvalue weighted by Gasteiger charge is 2.31. The van der Waals surface area contributed by atoms with E-state index in [-0.39, 0.29) is 35.9 Å². The summed E-state index contributed by atoms with van der Waals surface area (Å²) in [6.45, 7) is 8.85. The Kier molecular flexibility index (Phi) is 11.9. The van der Waals surface area contributed by atoms with Crippen molar-refractivity contribution >= 4 is 17.7 Å². The fourth-order valence-corrected chi connectivity index (χ4v) is 4.87. The first kappa shape index (κ1) is 31.1. The highest BCUT2D eigenvalue weighted by molar-refractivity contribution is 5.93. The molecule has 218 valence electrons. The first-order valence-electron chi connectivity index (χ1n) is 14.3. The van der Waals surface area contributed by atoms with Gasteiger partial charge in [-0.25, -0.2) is 4.39 Å². The van der Waals surface area contributed by atoms with Crippen molar-refractivity contribution in [1.29, 1.82) is 0 Å². The zero-order valence-electron chi connectivity index (χ0n) is 24.0. The Morgan fingerprint density at radius 2 is 1.73 bits per heavy atom. The van der Waals surface area contributed by atoms with Crippen molar-refractivity contribution in [3.05, 3.63) is 65.5 Å². The van der Waals surface area contributed by atoms with Crippen molar-refractivity contribution in [1.82, 2.24) is 21.3 Å². The summed E-state index contributed by atoms with van der Waals surface area (Å²) in [6.07, 6.45) is 2.12. The molecule has 9 heteroatoms. The standard InChI is InChI=1S/C31H43FN4O4/c1-5-9-25-29(37)34-15-14-21(4)24-12-6-7-13-27(24)40-17-16-33-26(19-22-10-8-11-23(32)18-22)30(38)36-28(20(2)3)31(39)35-25/h6-8,10-13,18,20-21,25-26,28,33H,5,9,14-17,19H2,1-4H3,(H,34,37)(H,35,39)(H,36,38)/t21?,25-,26?,28+/m0/s1. The Hall–Kier alpha value is -3.46. The number of hydrogen-bond acceptors (Lipinski definition) is 5. The normalized spacial score (nSPS) is 23.6. The largest absolute Gasteiger partial charge is 0.492 e. The third-order valence-corrected chi connectivity index (χ3v) is 7.18. The van der Waals surface area contributed by atoms with Gasteiger partial charge < -0.3 is 26.0 Å². The zero-order valence-corrected chi connectivity index (χ0v) is 24.0. The van der Waals surface area contributed by atoms with Crippen LogP contribution in [0, 0.1) is 11.7 Å². The van der Waals surface area contributed by atoms with Crippen molar-refractivity contribution < 1.29 is 23.5 Å². The molecule has 0 aromatic heterocycles. The van der Waals surface area contributed by atoms with E-state index in [0.717, 1.165) is 11.3 Å². The molecule has 0 fully saturated rings. The van der Waals surface area contributed by atoms with Crippen molar-refractivity contribution in [3.8, 4) is 5.75 Å². The zero-order chi connectivity index (χ0) is 29.1. The lowest BCUT2D eigenvalue weighted by molar-refractivity contribution is -0.133. The van der Waals surface area contributed by atoms with Gasteiger partial charge in [0.2, 0.25) is 17.7 Å². The van der Waals surface area contributed by atoms with Crippen LogP contribution in [0.25, 0.3) is 0 Å². The number of carbonyl (C=O) groups is 3. The number of para-hydroxylation sites is 1. The third kappa shape index (κ3) is 9.05. The molecule has 0 saturated heterocycles. The Morgan fingerprint density at radius 1 is 0.950 bits per heavy atom. The van der Waals surface area contributed by atoms with Gasteiger partial charge in [-0.15, -0.1) is 0 Å². The van der Waals surface area contributed by atoms with Gasteiger partial charge in [-0.1, -0.05) is 64.4 Å². The summed E-state index contributed by atoms with van der Waals surface area (Å²) in [5, 5.41) is 12.0. The average Bonchev–Trinajstić information content (AvgIpc) is 2.92. The van der Waals surface area contributed by atoms with Crippen LogP contribution in [0.1, 0.15) is 64.0 Å². The highest BCUT2D eigenvalue weighted by Crippen LogP contribution is 2.28. The number of rotatable bonds is 5. The predicted octanol–water partition coefficient (Wildman–Crippen LogP) is 3.45. The van der Waals surface area contributed by atoms with E-state index in [1.54, 1.807) is 12.1 Å². The minimum atomic E-state index is -0.849. The first-order chi connectivity index (χ1) is 19.2. The molecule has 4 atom stereocenters. The number of nitrogens with one attached hydrogen (secondary N) is 4. The molecule has 0 spiro atoms. The second-order valence-corrected chi connectivity index (χ2v) is 10.8. The predicted molar refractivity (Wildman–Crippen MR) is 153 cm³/mol. The van der Waals surface area contributed by atoms with E-state index < -0.39 is 24.0 Å². The summed E-state index contributed by atoms with van der Waals surface area (Å²) in [5.41, 5.74) is 1.69. The van der Waals surface area contributed by atoms with Gasteiger partial charge in [-0.2, -0.15) is 0 Å². The third-order valence-electron chi connectivity index (χ3n) is 7.18. The van der Waals surface area contributed by atoms with Crippen molar-refractivity contribution in [2.45, 2.75) is 77.4 Å². The minimum Gasteiger partial charge on any atom is -0.492 e. The van der Waals surface area contributed by atoms with E-state index >= 15 is 0 Å². The van der Waals surface area contributed by atoms with E-state index in [0.29, 0.717) is 44.5 Å². The molecule has 1 heterocycles. The Balaban J connectivity index is 1.89. The number of ether oxygens (including phenoxy) is 1. The summed E-state index contributed by atoms with van der Waals surface area (Å²) in [6, 6.07) is 11.6. The van der Waals surface area contributed by atoms with E-state index in [4.69, 9.17) is 4.74 Å². The van der Waals surface area contributed by atoms with Crippen LogP contribution in [0.4, 0.5) is 4.39 Å². The number of benzene rings is 2. The Morgan fingerprint density at radius 3 is 2.45 bits per heavy atom. The maximum Gasteiger partial charge on any atom is 0.243 e. The average molecular weight is 555 g/mol. The summed E-state index contributed by atoms with van der Waals surface area (Å²) in [5.74, 6) is -0.765. The molecule has 0 aliphatic carbocycles. The molecule has 3 rings (SSSR count). The van der Waals surface area contributed by atoms with Gasteiger partial charge in [0, 0.05) is 13.1 Å². The van der Waals surface area contributed by atoms with Gasteiger partial charge in [0.25, 0.3) is 0 Å². The molecular formula is C31H43FN4O4. The highest BCUT2D eigenvalue weighted by atomic mass is 19.1. The maximum absolute atomic E-state index is 13.9. The summed E-state index contributed by atoms with van der Waals surface area (Å²) in [4.78, 5) is 39.9. The van der Waals surface area contributed by atoms with Crippen LogP contribution in [0.5, 0.6) is 5.75 Å². The van der Waals surface area contributed by atoms with Crippen LogP contribution < -0.4 is 26.0 Å². The Bertz CT molecular complexity index is 1140. The number of halogens is 1. The van der Waals surface area contributed by atoms with E-state index in [1.807, 2.05) is 45.0 Å². The van der Waals surface area contributed by atoms with Gasteiger partial charge in [0.05, 0.1) is 6.04 Å². The lowest BCUT2D eigenvalue weighted by atomic mass is 9.96. The lowest BCUT2D eigenvalue weighted by Gasteiger charge is -2.28. The van der Waals surface area contributed by atoms with Gasteiger partial charge in [-0.3, -0.25) is 14.4 Å². The monoisotopic (exact) mass is 554 g/mol. The first-order valence-corrected chi connectivity index (χ1v) is 14.3. The molecule has 2 unspecified atom stereocenters. The van der Waals surface area contributed by atoms with Crippen LogP contribution in [-0.4, -0.2) is 55.5 Å². The molecular weight excluding hydrogens is 511 g/mol. The second kappa shape index (κ2) is 15.4. The fraction of sp³-hybridized carbons (Fsp3) is 0.516. The molecule has 0 saturated carbocycles. The van der Waals surface area contributed by atoms with Crippen LogP contribution in [0.3, 0.4) is 0 Å². The van der Waals surface area contributed by atoms with E-state index in [2.05, 4.69) is 28.2 Å². The number of carbonyl (C=O) groups excluding carboxylic acids is 3. The SMILES string of the molecule is CCC[C@@H]1NC(=O)[C@@H](C(C)C)NC(=O)C(Cc2cccc(F)c2)NCCOc2ccccc2C(C)CCNC1=O. The van der Waals surface area contributed by atoms with Crippen LogP contribution in [-0.2, 0) is 20.8 Å². The van der Waals surface area contributed by atoms with Gasteiger partial charge in [-0.05, 0) is 60.4 Å². The quantitative estimate of drug-likeness (QED) is 0.453. The van der Waals surface area contributed by atoms with Crippen LogP contribution in [0.2, 0.25) is 0 Å². The topological polar surface area (TPSA) is 109 Å². The summed E-state index contributed by atoms with van der Waals surface area (Å²) in [7, 11) is 0. The molecule has 2 aromatic rings. The molecule has 2 aromatic carbocycles. The smallest absolute Gasteiger partial charge is 0.243 e. The molecule has 1 aliphatic heterocycles. The summed E-state index contributed by atoms with van der Waals surface area (Å²) < 4.78 is 20.0. The van der Waals surface area contributed by atoms with Gasteiger partial charge in [0.1, 0.15) is 30.3 Å². The van der Waals surface area contributed by atoms with E-state index in [9.17, 15) is 18.8 Å². The summed E-state index contributed by atoms with van der Waals surface area (Å²) >= 11 is 0. The Labute approximate surface area is 236 Å². The second-order valence-electron chi connectivity index (χ2n) is 10.8. The van der Waals surface area contributed by atoms with Crippen molar-refractivity contribution in [3.63, 3.8) is 0 Å².